The molecule has 0 bridgehead atoms. The van der Waals surface area contributed by atoms with E-state index in [1.165, 1.54) is 11.8 Å². The Morgan fingerprint density at radius 3 is 2.85 bits per heavy atom. The van der Waals surface area contributed by atoms with E-state index in [2.05, 4.69) is 35.4 Å². The van der Waals surface area contributed by atoms with Crippen molar-refractivity contribution in [2.45, 2.75) is 36.5 Å². The van der Waals surface area contributed by atoms with Gasteiger partial charge < -0.3 is 9.88 Å². The van der Waals surface area contributed by atoms with Crippen molar-refractivity contribution >= 4 is 11.8 Å². The van der Waals surface area contributed by atoms with Gasteiger partial charge in [0.05, 0.1) is 5.56 Å². The molecule has 6 heteroatoms. The van der Waals surface area contributed by atoms with Gasteiger partial charge in [0, 0.05) is 24.5 Å². The predicted octanol–water partition coefficient (Wildman–Crippen LogP) is 2.34. The van der Waals surface area contributed by atoms with Gasteiger partial charge in [-0.15, -0.1) is 10.2 Å². The first kappa shape index (κ1) is 14.6. The molecule has 1 heterocycles. The molecule has 1 aromatic carbocycles. The van der Waals surface area contributed by atoms with Crippen molar-refractivity contribution in [3.8, 4) is 6.07 Å². The lowest BCUT2D eigenvalue weighted by atomic mass is 10.1. The lowest BCUT2D eigenvalue weighted by molar-refractivity contribution is 0.588. The molecule has 0 amide bonds. The van der Waals surface area contributed by atoms with Gasteiger partial charge in [-0.25, -0.2) is 0 Å². The number of nitriles is 1. The van der Waals surface area contributed by atoms with Gasteiger partial charge >= 0.3 is 0 Å². The van der Waals surface area contributed by atoms with Gasteiger partial charge in [-0.1, -0.05) is 19.9 Å². The quantitative estimate of drug-likeness (QED) is 0.914. The third-order valence-electron chi connectivity index (χ3n) is 2.75. The summed E-state index contributed by atoms with van der Waals surface area (Å²) in [4.78, 5) is 0.900. The molecule has 0 saturated carbocycles. The fourth-order valence-electron chi connectivity index (χ4n) is 1.65. The van der Waals surface area contributed by atoms with Crippen LogP contribution in [-0.4, -0.2) is 20.8 Å². The van der Waals surface area contributed by atoms with Gasteiger partial charge in [-0.3, -0.25) is 0 Å². The molecule has 0 atom stereocenters. The summed E-state index contributed by atoms with van der Waals surface area (Å²) in [5, 5.41) is 21.3. The van der Waals surface area contributed by atoms with Gasteiger partial charge in [-0.05, 0) is 29.5 Å². The number of nitrogens with zero attached hydrogens (tertiary/aromatic N) is 4. The number of nitrogens with one attached hydrogen (secondary N) is 1. The molecular weight excluding hydrogens is 270 g/mol. The lowest BCUT2D eigenvalue weighted by Gasteiger charge is -2.09. The van der Waals surface area contributed by atoms with Crippen LogP contribution < -0.4 is 5.32 Å². The molecule has 0 aliphatic heterocycles. The molecule has 0 spiro atoms. The SMILES string of the molecule is CC(C)NCc1ccc(Sc2nncn2C)c(C#N)c1. The van der Waals surface area contributed by atoms with Crippen LogP contribution in [0.15, 0.2) is 34.6 Å². The molecule has 0 saturated heterocycles. The molecule has 0 aliphatic rings. The first-order valence-corrected chi connectivity index (χ1v) is 7.20. The van der Waals surface area contributed by atoms with Crippen molar-refractivity contribution in [1.82, 2.24) is 20.1 Å². The highest BCUT2D eigenvalue weighted by molar-refractivity contribution is 7.99. The largest absolute Gasteiger partial charge is 0.311 e. The highest BCUT2D eigenvalue weighted by Gasteiger charge is 2.09. The second-order valence-corrected chi connectivity index (χ2v) is 5.81. The Balaban J connectivity index is 2.18. The molecule has 0 fully saturated rings. The van der Waals surface area contributed by atoms with Gasteiger partial charge in [0.15, 0.2) is 5.16 Å². The summed E-state index contributed by atoms with van der Waals surface area (Å²) in [5.41, 5.74) is 1.78. The zero-order valence-electron chi connectivity index (χ0n) is 11.8. The minimum atomic E-state index is 0.424. The summed E-state index contributed by atoms with van der Waals surface area (Å²) in [7, 11) is 1.88. The first-order valence-electron chi connectivity index (χ1n) is 6.38. The lowest BCUT2D eigenvalue weighted by Crippen LogP contribution is -2.21. The van der Waals surface area contributed by atoms with Crippen LogP contribution in [-0.2, 0) is 13.6 Å². The fraction of sp³-hybridized carbons (Fsp3) is 0.357. The molecular formula is C14H17N5S. The highest BCUT2D eigenvalue weighted by atomic mass is 32.2. The predicted molar refractivity (Wildman–Crippen MR) is 78.3 cm³/mol. The number of aryl methyl sites for hydroxylation is 1. The number of aromatic nitrogens is 3. The van der Waals surface area contributed by atoms with E-state index in [4.69, 9.17) is 0 Å². The van der Waals surface area contributed by atoms with Gasteiger partial charge in [-0.2, -0.15) is 5.26 Å². The molecule has 104 valence electrons. The molecule has 1 aromatic heterocycles. The maximum atomic E-state index is 9.29. The summed E-state index contributed by atoms with van der Waals surface area (Å²) in [6.45, 7) is 4.97. The third kappa shape index (κ3) is 3.59. The van der Waals surface area contributed by atoms with Gasteiger partial charge in [0.25, 0.3) is 0 Å². The number of hydrogen-bond acceptors (Lipinski definition) is 5. The summed E-state index contributed by atoms with van der Waals surface area (Å²) < 4.78 is 1.83. The maximum absolute atomic E-state index is 9.29. The van der Waals surface area contributed by atoms with Crippen molar-refractivity contribution in [3.63, 3.8) is 0 Å². The van der Waals surface area contributed by atoms with Crippen LogP contribution in [0.3, 0.4) is 0 Å². The molecule has 2 aromatic rings. The topological polar surface area (TPSA) is 66.5 Å². The van der Waals surface area contributed by atoms with Crippen LogP contribution in [0.2, 0.25) is 0 Å². The highest BCUT2D eigenvalue weighted by Crippen LogP contribution is 2.28. The number of hydrogen-bond donors (Lipinski definition) is 1. The average Bonchev–Trinajstić information content (AvgIpc) is 2.83. The maximum Gasteiger partial charge on any atom is 0.195 e. The molecule has 5 nitrogen and oxygen atoms in total. The monoisotopic (exact) mass is 287 g/mol. The Morgan fingerprint density at radius 2 is 2.25 bits per heavy atom. The van der Waals surface area contributed by atoms with E-state index in [1.807, 2.05) is 29.8 Å². The van der Waals surface area contributed by atoms with E-state index >= 15 is 0 Å². The second kappa shape index (κ2) is 6.55. The first-order chi connectivity index (χ1) is 9.60. The molecule has 2 rings (SSSR count). The Labute approximate surface area is 123 Å². The van der Waals surface area contributed by atoms with Crippen LogP contribution in [0, 0.1) is 11.3 Å². The van der Waals surface area contributed by atoms with Crippen LogP contribution in [0.5, 0.6) is 0 Å². The number of benzene rings is 1. The Hall–Kier alpha value is -1.84. The molecule has 20 heavy (non-hydrogen) atoms. The average molecular weight is 287 g/mol. The van der Waals surface area contributed by atoms with Crippen molar-refractivity contribution in [3.05, 3.63) is 35.7 Å². The van der Waals surface area contributed by atoms with E-state index in [-0.39, 0.29) is 0 Å². The molecule has 0 unspecified atom stereocenters. The minimum Gasteiger partial charge on any atom is -0.311 e. The summed E-state index contributed by atoms with van der Waals surface area (Å²) in [6.07, 6.45) is 1.65. The van der Waals surface area contributed by atoms with Gasteiger partial charge in [0.2, 0.25) is 0 Å². The van der Waals surface area contributed by atoms with Crippen molar-refractivity contribution in [2.75, 3.05) is 0 Å². The minimum absolute atomic E-state index is 0.424. The molecule has 0 aliphatic carbocycles. The summed E-state index contributed by atoms with van der Waals surface area (Å²) >= 11 is 1.45. The summed E-state index contributed by atoms with van der Waals surface area (Å²) in [5.74, 6) is 0. The van der Waals surface area contributed by atoms with E-state index < -0.39 is 0 Å². The normalized spacial score (nSPS) is 10.8. The van der Waals surface area contributed by atoms with Crippen molar-refractivity contribution in [2.24, 2.45) is 7.05 Å². The van der Waals surface area contributed by atoms with Crippen LogP contribution >= 0.6 is 11.8 Å². The molecule has 1 N–H and O–H groups in total. The van der Waals surface area contributed by atoms with E-state index in [0.717, 1.165) is 22.2 Å². The summed E-state index contributed by atoms with van der Waals surface area (Å²) in [6, 6.07) is 8.60. The smallest absolute Gasteiger partial charge is 0.195 e. The van der Waals surface area contributed by atoms with E-state index in [1.54, 1.807) is 6.33 Å². The standard InChI is InChI=1S/C14H17N5S/c1-10(2)16-8-11-4-5-13(12(6-11)7-15)20-14-18-17-9-19(14)3/h4-6,9-10,16H,8H2,1-3H3. The Bertz CT molecular complexity index is 627. The van der Waals surface area contributed by atoms with Crippen LogP contribution in [0.25, 0.3) is 0 Å². The Morgan fingerprint density at radius 1 is 1.45 bits per heavy atom. The number of rotatable bonds is 5. The third-order valence-corrected chi connectivity index (χ3v) is 3.88. The van der Waals surface area contributed by atoms with E-state index in [9.17, 15) is 5.26 Å². The fourth-order valence-corrected chi connectivity index (χ4v) is 2.48. The van der Waals surface area contributed by atoms with Crippen LogP contribution in [0.1, 0.15) is 25.0 Å². The van der Waals surface area contributed by atoms with E-state index in [0.29, 0.717) is 11.6 Å². The van der Waals surface area contributed by atoms with Crippen molar-refractivity contribution in [1.29, 1.82) is 5.26 Å². The zero-order valence-corrected chi connectivity index (χ0v) is 12.6. The van der Waals surface area contributed by atoms with Gasteiger partial charge in [0.1, 0.15) is 12.4 Å². The second-order valence-electron chi connectivity index (χ2n) is 4.80. The van der Waals surface area contributed by atoms with Crippen LogP contribution in [0.4, 0.5) is 0 Å². The molecule has 0 radical (unpaired) electrons. The zero-order chi connectivity index (χ0) is 14.5. The Kier molecular flexibility index (Phi) is 4.77. The van der Waals surface area contributed by atoms with Crippen molar-refractivity contribution < 1.29 is 0 Å².